The molecule has 0 bridgehead atoms. The Bertz CT molecular complexity index is 974. The van der Waals surface area contributed by atoms with Crippen molar-refractivity contribution in [3.63, 3.8) is 0 Å². The maximum absolute atomic E-state index is 9.33. The zero-order chi connectivity index (χ0) is 20.4. The first-order valence-corrected chi connectivity index (χ1v) is 10.4. The lowest BCUT2D eigenvalue weighted by Gasteiger charge is -2.16. The highest BCUT2D eigenvalue weighted by Crippen LogP contribution is 2.31. The molecule has 0 radical (unpaired) electrons. The van der Waals surface area contributed by atoms with Gasteiger partial charge in [-0.15, -0.1) is 0 Å². The monoisotopic (exact) mass is 380 g/mol. The molecule has 0 fully saturated rings. The number of hydrogen-bond donors (Lipinski definition) is 1. The second-order valence-corrected chi connectivity index (χ2v) is 7.86. The van der Waals surface area contributed by atoms with Gasteiger partial charge in [0.1, 0.15) is 5.52 Å². The van der Waals surface area contributed by atoms with E-state index in [4.69, 9.17) is 15.0 Å². The lowest BCUT2D eigenvalue weighted by atomic mass is 10.0. The second kappa shape index (κ2) is 8.39. The highest BCUT2D eigenvalue weighted by molar-refractivity contribution is 5.80. The molecule has 0 saturated heterocycles. The van der Waals surface area contributed by atoms with Gasteiger partial charge in [-0.3, -0.25) is 4.98 Å². The van der Waals surface area contributed by atoms with Crippen LogP contribution in [0.5, 0.6) is 0 Å². The molecular formula is C23H32N4O. The van der Waals surface area contributed by atoms with Crippen molar-refractivity contribution in [1.29, 1.82) is 0 Å². The largest absolute Gasteiger partial charge is 0.396 e. The molecule has 3 aromatic rings. The molecular weight excluding hydrogens is 348 g/mol. The van der Waals surface area contributed by atoms with E-state index < -0.39 is 0 Å². The molecule has 150 valence electrons. The van der Waals surface area contributed by atoms with E-state index in [9.17, 15) is 5.11 Å². The summed E-state index contributed by atoms with van der Waals surface area (Å²) in [4.78, 5) is 15.0. The quantitative estimate of drug-likeness (QED) is 0.627. The molecule has 0 aliphatic rings. The van der Waals surface area contributed by atoms with Crippen LogP contribution < -0.4 is 0 Å². The Morgan fingerprint density at radius 2 is 1.71 bits per heavy atom. The number of aryl methyl sites for hydroxylation is 3. The van der Waals surface area contributed by atoms with Gasteiger partial charge in [0.25, 0.3) is 0 Å². The summed E-state index contributed by atoms with van der Waals surface area (Å²) in [6, 6.07) is 4.46. The van der Waals surface area contributed by atoms with Crippen LogP contribution in [-0.2, 0) is 12.8 Å². The van der Waals surface area contributed by atoms with Gasteiger partial charge in [0.2, 0.25) is 0 Å². The molecule has 0 aromatic carbocycles. The van der Waals surface area contributed by atoms with E-state index in [0.717, 1.165) is 57.9 Å². The SMILES string of the molecule is CCc1nc(C(C)C)ccc1-c1nc2c(C)cn([C@H](C)CCO)c2nc1CC. The van der Waals surface area contributed by atoms with Gasteiger partial charge < -0.3 is 9.67 Å². The van der Waals surface area contributed by atoms with Crippen LogP contribution in [0.1, 0.15) is 75.6 Å². The Morgan fingerprint density at radius 3 is 2.32 bits per heavy atom. The number of rotatable bonds is 7. The molecule has 3 rings (SSSR count). The van der Waals surface area contributed by atoms with Gasteiger partial charge >= 0.3 is 0 Å². The summed E-state index contributed by atoms with van der Waals surface area (Å²) in [7, 11) is 0. The summed E-state index contributed by atoms with van der Waals surface area (Å²) >= 11 is 0. The summed E-state index contributed by atoms with van der Waals surface area (Å²) in [5.41, 5.74) is 8.20. The summed E-state index contributed by atoms with van der Waals surface area (Å²) in [6.45, 7) is 13.0. The van der Waals surface area contributed by atoms with Gasteiger partial charge in [-0.25, -0.2) is 9.97 Å². The lowest BCUT2D eigenvalue weighted by molar-refractivity contribution is 0.264. The molecule has 1 N–H and O–H groups in total. The van der Waals surface area contributed by atoms with Crippen LogP contribution >= 0.6 is 0 Å². The van der Waals surface area contributed by atoms with Crippen molar-refractivity contribution in [2.75, 3.05) is 6.61 Å². The van der Waals surface area contributed by atoms with Crippen LogP contribution in [-0.4, -0.2) is 31.2 Å². The fraction of sp³-hybridized carbons (Fsp3) is 0.522. The Hall–Kier alpha value is -2.27. The number of fused-ring (bicyclic) bond motifs is 1. The summed E-state index contributed by atoms with van der Waals surface area (Å²) in [5.74, 6) is 0.405. The first kappa shape index (κ1) is 20.5. The van der Waals surface area contributed by atoms with E-state index in [2.05, 4.69) is 64.4 Å². The van der Waals surface area contributed by atoms with Crippen LogP contribution in [0.2, 0.25) is 0 Å². The van der Waals surface area contributed by atoms with Gasteiger partial charge in [0.05, 0.1) is 11.4 Å². The van der Waals surface area contributed by atoms with Crippen molar-refractivity contribution in [3.05, 3.63) is 41.0 Å². The van der Waals surface area contributed by atoms with Crippen LogP contribution in [0.15, 0.2) is 18.3 Å². The van der Waals surface area contributed by atoms with Crippen molar-refractivity contribution in [2.24, 2.45) is 0 Å². The van der Waals surface area contributed by atoms with Gasteiger partial charge in [-0.05, 0) is 56.7 Å². The number of pyridine rings is 1. The normalized spacial score (nSPS) is 12.9. The molecule has 5 nitrogen and oxygen atoms in total. The molecule has 0 aliphatic heterocycles. The Labute approximate surface area is 167 Å². The molecule has 0 spiro atoms. The minimum atomic E-state index is 0.166. The summed E-state index contributed by atoms with van der Waals surface area (Å²) in [6.07, 6.45) is 4.49. The van der Waals surface area contributed by atoms with Gasteiger partial charge in [-0.2, -0.15) is 0 Å². The zero-order valence-electron chi connectivity index (χ0n) is 18.0. The first-order valence-electron chi connectivity index (χ1n) is 10.4. The smallest absolute Gasteiger partial charge is 0.159 e. The predicted octanol–water partition coefficient (Wildman–Crippen LogP) is 4.99. The number of aliphatic hydroxyl groups is 1. The fourth-order valence-corrected chi connectivity index (χ4v) is 3.68. The van der Waals surface area contributed by atoms with E-state index in [-0.39, 0.29) is 12.6 Å². The Balaban J connectivity index is 2.21. The second-order valence-electron chi connectivity index (χ2n) is 7.86. The summed E-state index contributed by atoms with van der Waals surface area (Å²) < 4.78 is 2.15. The van der Waals surface area contributed by atoms with Crippen molar-refractivity contribution < 1.29 is 5.11 Å². The van der Waals surface area contributed by atoms with Gasteiger partial charge in [0, 0.05) is 35.8 Å². The van der Waals surface area contributed by atoms with Crippen molar-refractivity contribution in [1.82, 2.24) is 19.5 Å². The highest BCUT2D eigenvalue weighted by atomic mass is 16.3. The van der Waals surface area contributed by atoms with Crippen LogP contribution in [0.25, 0.3) is 22.4 Å². The predicted molar refractivity (Wildman–Crippen MR) is 115 cm³/mol. The standard InChI is InChI=1S/C23H32N4O/c1-7-18-17(9-10-20(24-18)14(3)4)22-19(8-2)25-23-21(26-22)15(5)13-27(23)16(6)11-12-28/h9-10,13-14,16,28H,7-8,11-12H2,1-6H3/t16-/m1/s1. The lowest BCUT2D eigenvalue weighted by Crippen LogP contribution is -2.08. The first-order chi connectivity index (χ1) is 13.4. The fourth-order valence-electron chi connectivity index (χ4n) is 3.68. The molecule has 28 heavy (non-hydrogen) atoms. The maximum atomic E-state index is 9.33. The number of aliphatic hydroxyl groups excluding tert-OH is 1. The molecule has 0 amide bonds. The Kier molecular flexibility index (Phi) is 6.14. The molecule has 0 aliphatic carbocycles. The third-order valence-electron chi connectivity index (χ3n) is 5.43. The number of nitrogens with zero attached hydrogens (tertiary/aromatic N) is 4. The highest BCUT2D eigenvalue weighted by Gasteiger charge is 2.19. The van der Waals surface area contributed by atoms with Crippen molar-refractivity contribution in [2.45, 2.75) is 72.8 Å². The molecule has 1 atom stereocenters. The maximum Gasteiger partial charge on any atom is 0.159 e. The van der Waals surface area contributed by atoms with Crippen LogP contribution in [0.4, 0.5) is 0 Å². The van der Waals surface area contributed by atoms with Gasteiger partial charge in [-0.1, -0.05) is 27.7 Å². The van der Waals surface area contributed by atoms with Crippen LogP contribution in [0.3, 0.4) is 0 Å². The van der Waals surface area contributed by atoms with Crippen molar-refractivity contribution >= 4 is 11.2 Å². The minimum absolute atomic E-state index is 0.166. The van der Waals surface area contributed by atoms with E-state index in [1.807, 2.05) is 0 Å². The molecule has 0 unspecified atom stereocenters. The molecule has 3 heterocycles. The van der Waals surface area contributed by atoms with E-state index in [0.29, 0.717) is 12.3 Å². The Morgan fingerprint density at radius 1 is 1.00 bits per heavy atom. The van der Waals surface area contributed by atoms with E-state index >= 15 is 0 Å². The summed E-state index contributed by atoms with van der Waals surface area (Å²) in [5, 5.41) is 9.33. The molecule has 5 heteroatoms. The van der Waals surface area contributed by atoms with E-state index in [1.165, 1.54) is 0 Å². The average Bonchev–Trinajstić information content (AvgIpc) is 3.02. The van der Waals surface area contributed by atoms with Crippen LogP contribution in [0, 0.1) is 6.92 Å². The third-order valence-corrected chi connectivity index (χ3v) is 5.43. The molecule has 3 aromatic heterocycles. The number of aromatic nitrogens is 4. The zero-order valence-corrected chi connectivity index (χ0v) is 18.0. The van der Waals surface area contributed by atoms with Gasteiger partial charge in [0.15, 0.2) is 5.65 Å². The third kappa shape index (κ3) is 3.68. The van der Waals surface area contributed by atoms with E-state index in [1.54, 1.807) is 0 Å². The average molecular weight is 381 g/mol. The number of hydrogen-bond acceptors (Lipinski definition) is 4. The molecule has 0 saturated carbocycles. The van der Waals surface area contributed by atoms with Crippen molar-refractivity contribution in [3.8, 4) is 11.3 Å². The topological polar surface area (TPSA) is 63.8 Å². The minimum Gasteiger partial charge on any atom is -0.396 e.